The van der Waals surface area contributed by atoms with Crippen molar-refractivity contribution in [1.82, 2.24) is 9.55 Å². The highest BCUT2D eigenvalue weighted by Crippen LogP contribution is 2.38. The molecule has 0 aliphatic rings. The van der Waals surface area contributed by atoms with E-state index in [2.05, 4.69) is 4.98 Å². The number of fused-ring (bicyclic) bond motifs is 1. The van der Waals surface area contributed by atoms with E-state index < -0.39 is 7.60 Å². The summed E-state index contributed by atoms with van der Waals surface area (Å²) in [7, 11) is -4.15. The van der Waals surface area contributed by atoms with Gasteiger partial charge in [-0.15, -0.1) is 0 Å². The topological polar surface area (TPSA) is 101 Å². The van der Waals surface area contributed by atoms with Gasteiger partial charge in [-0.05, 0) is 50.1 Å². The molecule has 0 aliphatic heterocycles. The van der Waals surface area contributed by atoms with Crippen LogP contribution in [0.5, 0.6) is 0 Å². The van der Waals surface area contributed by atoms with Gasteiger partial charge < -0.3 is 20.1 Å². The zero-order valence-corrected chi connectivity index (χ0v) is 12.6. The van der Waals surface area contributed by atoms with E-state index in [9.17, 15) is 14.4 Å². The summed E-state index contributed by atoms with van der Waals surface area (Å²) in [5, 5.41) is 0. The highest BCUT2D eigenvalue weighted by molar-refractivity contribution is 7.50. The Morgan fingerprint density at radius 3 is 2.55 bits per heavy atom. The fourth-order valence-corrected chi connectivity index (χ4v) is 2.91. The molecule has 4 N–H and O–H groups in total. The molecular weight excluding hydrogens is 277 g/mol. The first kappa shape index (κ1) is 15.2. The fraction of sp³-hybridized carbons (Fsp3) is 0.462. The molecule has 6 nitrogen and oxygen atoms in total. The normalized spacial score (nSPS) is 12.2. The van der Waals surface area contributed by atoms with Gasteiger partial charge in [-0.25, -0.2) is 4.98 Å². The van der Waals surface area contributed by atoms with Crippen molar-refractivity contribution in [2.75, 3.05) is 6.54 Å². The molecule has 0 bridgehead atoms. The molecular formula is C13H20N3O3P. The molecule has 0 amide bonds. The SMILES string of the molecule is Cc1cc2nc(CCCN)n(CP(=O)(O)O)c2cc1C. The first-order valence-electron chi connectivity index (χ1n) is 6.53. The van der Waals surface area contributed by atoms with Gasteiger partial charge in [0.2, 0.25) is 0 Å². The fourth-order valence-electron chi connectivity index (χ4n) is 2.22. The zero-order valence-electron chi connectivity index (χ0n) is 11.7. The van der Waals surface area contributed by atoms with E-state index >= 15 is 0 Å². The number of hydrogen-bond donors (Lipinski definition) is 3. The quantitative estimate of drug-likeness (QED) is 0.729. The second kappa shape index (κ2) is 5.66. The number of benzene rings is 1. The van der Waals surface area contributed by atoms with Crippen molar-refractivity contribution in [2.45, 2.75) is 33.0 Å². The number of imidazole rings is 1. The molecule has 2 aromatic rings. The molecule has 2 rings (SSSR count). The molecule has 110 valence electrons. The van der Waals surface area contributed by atoms with Crippen molar-refractivity contribution in [1.29, 1.82) is 0 Å². The Kier molecular flexibility index (Phi) is 4.30. The van der Waals surface area contributed by atoms with Gasteiger partial charge >= 0.3 is 7.60 Å². The van der Waals surface area contributed by atoms with Gasteiger partial charge in [0.15, 0.2) is 0 Å². The number of nitrogens with two attached hydrogens (primary N) is 1. The van der Waals surface area contributed by atoms with Gasteiger partial charge in [-0.2, -0.15) is 0 Å². The lowest BCUT2D eigenvalue weighted by Crippen LogP contribution is -2.08. The number of aryl methyl sites for hydroxylation is 3. The van der Waals surface area contributed by atoms with Crippen molar-refractivity contribution in [3.05, 3.63) is 29.1 Å². The first-order valence-corrected chi connectivity index (χ1v) is 8.32. The third-order valence-electron chi connectivity index (χ3n) is 3.37. The zero-order chi connectivity index (χ0) is 14.9. The summed E-state index contributed by atoms with van der Waals surface area (Å²) in [6, 6.07) is 3.88. The van der Waals surface area contributed by atoms with Crippen LogP contribution in [0.25, 0.3) is 11.0 Å². The van der Waals surface area contributed by atoms with Crippen LogP contribution in [0, 0.1) is 13.8 Å². The van der Waals surface area contributed by atoms with Gasteiger partial charge in [0.1, 0.15) is 12.1 Å². The molecule has 0 saturated carbocycles. The monoisotopic (exact) mass is 297 g/mol. The summed E-state index contributed by atoms with van der Waals surface area (Å²) in [6.07, 6.45) is 1.01. The molecule has 0 atom stereocenters. The Hall–Kier alpha value is -1.20. The third-order valence-corrected chi connectivity index (χ3v) is 4.02. The largest absolute Gasteiger partial charge is 0.345 e. The second-order valence-corrected chi connectivity index (χ2v) is 6.69. The Morgan fingerprint density at radius 2 is 1.95 bits per heavy atom. The minimum Gasteiger partial charge on any atom is -0.330 e. The van der Waals surface area contributed by atoms with Crippen molar-refractivity contribution < 1.29 is 14.4 Å². The van der Waals surface area contributed by atoms with E-state index in [4.69, 9.17) is 5.73 Å². The lowest BCUT2D eigenvalue weighted by Gasteiger charge is -2.10. The van der Waals surface area contributed by atoms with Gasteiger partial charge in [0.25, 0.3) is 0 Å². The molecule has 0 aliphatic carbocycles. The van der Waals surface area contributed by atoms with Crippen LogP contribution in [0.2, 0.25) is 0 Å². The maximum Gasteiger partial charge on any atom is 0.345 e. The molecule has 0 radical (unpaired) electrons. The number of hydrogen-bond acceptors (Lipinski definition) is 3. The summed E-state index contributed by atoms with van der Waals surface area (Å²) < 4.78 is 13.0. The minimum absolute atomic E-state index is 0.341. The first-order chi connectivity index (χ1) is 9.31. The Bertz CT molecular complexity index is 675. The standard InChI is InChI=1S/C13H20N3O3P/c1-9-6-11-12(7-10(9)2)16(8-20(17,18)19)13(15-11)4-3-5-14/h6-7H,3-5,8,14H2,1-2H3,(H2,17,18,19). The van der Waals surface area contributed by atoms with E-state index in [0.717, 1.165) is 28.6 Å². The molecule has 0 fully saturated rings. The maximum atomic E-state index is 11.3. The van der Waals surface area contributed by atoms with Crippen LogP contribution >= 0.6 is 7.60 Å². The summed E-state index contributed by atoms with van der Waals surface area (Å²) in [6.45, 7) is 4.50. The molecule has 20 heavy (non-hydrogen) atoms. The average Bonchev–Trinajstić information content (AvgIpc) is 2.63. The van der Waals surface area contributed by atoms with Gasteiger partial charge in [-0.3, -0.25) is 4.57 Å². The highest BCUT2D eigenvalue weighted by Gasteiger charge is 2.20. The predicted octanol–water partition coefficient (Wildman–Crippen LogP) is 1.68. The van der Waals surface area contributed by atoms with E-state index in [1.165, 1.54) is 0 Å². The van der Waals surface area contributed by atoms with E-state index in [1.54, 1.807) is 4.57 Å². The van der Waals surface area contributed by atoms with Crippen LogP contribution < -0.4 is 5.73 Å². The van der Waals surface area contributed by atoms with Gasteiger partial charge in [0.05, 0.1) is 11.0 Å². The van der Waals surface area contributed by atoms with Crippen LogP contribution in [0.1, 0.15) is 23.4 Å². The van der Waals surface area contributed by atoms with Gasteiger partial charge in [-0.1, -0.05) is 0 Å². The lowest BCUT2D eigenvalue weighted by atomic mass is 10.1. The second-order valence-electron chi connectivity index (χ2n) is 5.08. The van der Waals surface area contributed by atoms with Crippen LogP contribution in [0.15, 0.2) is 12.1 Å². The molecule has 1 aromatic heterocycles. The average molecular weight is 297 g/mol. The van der Waals surface area contributed by atoms with E-state index in [1.807, 2.05) is 26.0 Å². The van der Waals surface area contributed by atoms with Crippen molar-refractivity contribution in [3.63, 3.8) is 0 Å². The molecule has 0 unspecified atom stereocenters. The van der Waals surface area contributed by atoms with E-state index in [-0.39, 0.29) is 6.29 Å². The summed E-state index contributed by atoms with van der Waals surface area (Å²) in [5.41, 5.74) is 9.24. The van der Waals surface area contributed by atoms with Crippen molar-refractivity contribution in [2.24, 2.45) is 5.73 Å². The predicted molar refractivity (Wildman–Crippen MR) is 78.6 cm³/mol. The van der Waals surface area contributed by atoms with Crippen LogP contribution in [-0.4, -0.2) is 25.9 Å². The van der Waals surface area contributed by atoms with Gasteiger partial charge in [0, 0.05) is 6.42 Å². The maximum absolute atomic E-state index is 11.3. The number of nitrogens with zero attached hydrogens (tertiary/aromatic N) is 2. The highest BCUT2D eigenvalue weighted by atomic mass is 31.2. The van der Waals surface area contributed by atoms with Crippen LogP contribution in [0.3, 0.4) is 0 Å². The molecule has 0 spiro atoms. The third kappa shape index (κ3) is 3.27. The Labute approximate surface area is 117 Å². The molecule has 1 aromatic carbocycles. The summed E-state index contributed by atoms with van der Waals surface area (Å²) in [5.74, 6) is 0.679. The molecule has 1 heterocycles. The minimum atomic E-state index is -4.15. The van der Waals surface area contributed by atoms with Crippen molar-refractivity contribution in [3.8, 4) is 0 Å². The van der Waals surface area contributed by atoms with Crippen molar-refractivity contribution >= 4 is 18.6 Å². The number of rotatable bonds is 5. The van der Waals surface area contributed by atoms with E-state index in [0.29, 0.717) is 18.8 Å². The van der Waals surface area contributed by atoms with Crippen LogP contribution in [-0.2, 0) is 17.3 Å². The smallest absolute Gasteiger partial charge is 0.330 e. The molecule has 7 heteroatoms. The summed E-state index contributed by atoms with van der Waals surface area (Å²) >= 11 is 0. The number of aromatic nitrogens is 2. The molecule has 0 saturated heterocycles. The Balaban J connectivity index is 2.58. The Morgan fingerprint density at radius 1 is 1.30 bits per heavy atom. The van der Waals surface area contributed by atoms with Crippen LogP contribution in [0.4, 0.5) is 0 Å². The lowest BCUT2D eigenvalue weighted by molar-refractivity contribution is 0.362. The summed E-state index contributed by atoms with van der Waals surface area (Å²) in [4.78, 5) is 23.0.